The molecule has 0 aliphatic carbocycles. The van der Waals surface area contributed by atoms with E-state index in [1.165, 1.54) is 13.2 Å². The Bertz CT molecular complexity index is 833. The number of nitriles is 1. The van der Waals surface area contributed by atoms with Gasteiger partial charge in [0.2, 0.25) is 0 Å². The third-order valence-corrected chi connectivity index (χ3v) is 4.05. The van der Waals surface area contributed by atoms with Gasteiger partial charge in [0.1, 0.15) is 5.75 Å². The summed E-state index contributed by atoms with van der Waals surface area (Å²) in [6.07, 6.45) is 0. The minimum atomic E-state index is -0.330. The largest absolute Gasteiger partial charge is 0.495 e. The Balaban J connectivity index is 2.19. The lowest BCUT2D eigenvalue weighted by Crippen LogP contribution is -2.26. The van der Waals surface area contributed by atoms with Gasteiger partial charge in [0.05, 0.1) is 35.9 Å². The molecule has 2 aromatic carbocycles. The first-order valence-corrected chi connectivity index (χ1v) is 8.38. The summed E-state index contributed by atoms with van der Waals surface area (Å²) in [6.45, 7) is 1.99. The second-order valence-corrected chi connectivity index (χ2v) is 6.16. The molecule has 0 saturated heterocycles. The van der Waals surface area contributed by atoms with Crippen LogP contribution in [0.4, 0.5) is 5.69 Å². The number of anilines is 1. The van der Waals surface area contributed by atoms with Crippen LogP contribution in [0, 0.1) is 11.3 Å². The first kappa shape index (κ1) is 19.6. The molecule has 6 nitrogen and oxygen atoms in total. The number of aliphatic hydroxyl groups excluding tert-OH is 1. The number of hydrogen-bond acceptors (Lipinski definition) is 5. The van der Waals surface area contributed by atoms with Crippen LogP contribution in [0.2, 0.25) is 5.02 Å². The Hall–Kier alpha value is -2.75. The van der Waals surface area contributed by atoms with E-state index in [1.54, 1.807) is 37.3 Å². The van der Waals surface area contributed by atoms with E-state index in [0.717, 1.165) is 5.56 Å². The molecular formula is C19H20ClN3O3. The Morgan fingerprint density at radius 1 is 1.35 bits per heavy atom. The van der Waals surface area contributed by atoms with Gasteiger partial charge in [0, 0.05) is 18.3 Å². The van der Waals surface area contributed by atoms with Crippen molar-refractivity contribution in [3.8, 4) is 11.8 Å². The zero-order chi connectivity index (χ0) is 19.1. The number of benzene rings is 2. The van der Waals surface area contributed by atoms with Gasteiger partial charge in [-0.3, -0.25) is 4.79 Å². The van der Waals surface area contributed by atoms with Crippen molar-refractivity contribution in [2.24, 2.45) is 0 Å². The number of hydrogen-bond donors (Lipinski definition) is 3. The number of carbonyl (C=O) groups is 1. The van der Waals surface area contributed by atoms with Gasteiger partial charge in [-0.05, 0) is 42.8 Å². The molecule has 3 N–H and O–H groups in total. The number of aliphatic hydroxyl groups is 1. The summed E-state index contributed by atoms with van der Waals surface area (Å²) in [5.41, 5.74) is 2.10. The van der Waals surface area contributed by atoms with E-state index in [2.05, 4.69) is 10.6 Å². The predicted molar refractivity (Wildman–Crippen MR) is 101 cm³/mol. The summed E-state index contributed by atoms with van der Waals surface area (Å²) in [6, 6.07) is 11.8. The summed E-state index contributed by atoms with van der Waals surface area (Å²) < 4.78 is 5.17. The van der Waals surface area contributed by atoms with Crippen molar-refractivity contribution in [3.63, 3.8) is 0 Å². The van der Waals surface area contributed by atoms with Crippen molar-refractivity contribution in [1.29, 1.82) is 5.26 Å². The summed E-state index contributed by atoms with van der Waals surface area (Å²) in [4.78, 5) is 12.6. The molecule has 1 amide bonds. The Kier molecular flexibility index (Phi) is 6.84. The fourth-order valence-corrected chi connectivity index (χ4v) is 2.53. The Labute approximate surface area is 157 Å². The van der Waals surface area contributed by atoms with Crippen LogP contribution in [0.25, 0.3) is 0 Å². The molecule has 0 unspecified atom stereocenters. The summed E-state index contributed by atoms with van der Waals surface area (Å²) >= 11 is 6.00. The molecule has 0 aliphatic rings. The van der Waals surface area contributed by atoms with Crippen LogP contribution in [0.15, 0.2) is 36.4 Å². The van der Waals surface area contributed by atoms with E-state index < -0.39 is 0 Å². The highest BCUT2D eigenvalue weighted by Crippen LogP contribution is 2.25. The van der Waals surface area contributed by atoms with E-state index in [0.29, 0.717) is 27.6 Å². The zero-order valence-electron chi connectivity index (χ0n) is 14.5. The van der Waals surface area contributed by atoms with Crippen molar-refractivity contribution >= 4 is 23.2 Å². The standard InChI is InChI=1S/C19H20ClN3O3/c1-12(11-24)23-17-6-4-13(9-21)7-15(17)19(25)22-10-14-3-5-16(20)18(8-14)26-2/h3-8,12,23-24H,10-11H2,1-2H3,(H,22,25)/t12-/m1/s1. The maximum absolute atomic E-state index is 12.6. The van der Waals surface area contributed by atoms with Crippen molar-refractivity contribution in [3.05, 3.63) is 58.1 Å². The maximum Gasteiger partial charge on any atom is 0.253 e. The van der Waals surface area contributed by atoms with Crippen molar-refractivity contribution < 1.29 is 14.6 Å². The number of ether oxygens (including phenoxy) is 1. The molecule has 0 bridgehead atoms. The molecule has 0 spiro atoms. The molecule has 26 heavy (non-hydrogen) atoms. The minimum absolute atomic E-state index is 0.0777. The van der Waals surface area contributed by atoms with Crippen LogP contribution in [-0.2, 0) is 6.54 Å². The Morgan fingerprint density at radius 2 is 2.12 bits per heavy atom. The minimum Gasteiger partial charge on any atom is -0.495 e. The molecule has 0 aliphatic heterocycles. The van der Waals surface area contributed by atoms with Crippen LogP contribution in [0.3, 0.4) is 0 Å². The molecule has 7 heteroatoms. The van der Waals surface area contributed by atoms with Crippen LogP contribution in [0.1, 0.15) is 28.4 Å². The first-order valence-electron chi connectivity index (χ1n) is 8.00. The van der Waals surface area contributed by atoms with E-state index in [1.807, 2.05) is 6.07 Å². The van der Waals surface area contributed by atoms with E-state index in [4.69, 9.17) is 21.6 Å². The van der Waals surface area contributed by atoms with Crippen LogP contribution in [-0.4, -0.2) is 30.8 Å². The molecule has 136 valence electrons. The highest BCUT2D eigenvalue weighted by molar-refractivity contribution is 6.32. The zero-order valence-corrected chi connectivity index (χ0v) is 15.3. The van der Waals surface area contributed by atoms with Crippen LogP contribution < -0.4 is 15.4 Å². The fourth-order valence-electron chi connectivity index (χ4n) is 2.33. The molecule has 0 aromatic heterocycles. The summed E-state index contributed by atoms with van der Waals surface area (Å²) in [5.74, 6) is 0.202. The molecule has 2 rings (SSSR count). The lowest BCUT2D eigenvalue weighted by atomic mass is 10.1. The predicted octanol–water partition coefficient (Wildman–Crippen LogP) is 2.94. The van der Waals surface area contributed by atoms with Gasteiger partial charge in [0.15, 0.2) is 0 Å². The topological polar surface area (TPSA) is 94.4 Å². The number of nitrogens with zero attached hydrogens (tertiary/aromatic N) is 1. The van der Waals surface area contributed by atoms with Gasteiger partial charge in [-0.15, -0.1) is 0 Å². The second-order valence-electron chi connectivity index (χ2n) is 5.75. The summed E-state index contributed by atoms with van der Waals surface area (Å²) in [5, 5.41) is 24.7. The second kappa shape index (κ2) is 9.09. The average Bonchev–Trinajstić information content (AvgIpc) is 2.67. The molecule has 0 radical (unpaired) electrons. The number of carbonyl (C=O) groups excluding carboxylic acids is 1. The third kappa shape index (κ3) is 4.88. The van der Waals surface area contributed by atoms with Crippen LogP contribution in [0.5, 0.6) is 5.75 Å². The van der Waals surface area contributed by atoms with E-state index >= 15 is 0 Å². The number of halogens is 1. The molecule has 1 atom stereocenters. The smallest absolute Gasteiger partial charge is 0.253 e. The van der Waals surface area contributed by atoms with Gasteiger partial charge >= 0.3 is 0 Å². The highest BCUT2D eigenvalue weighted by Gasteiger charge is 2.14. The maximum atomic E-state index is 12.6. The molecule has 0 saturated carbocycles. The average molecular weight is 374 g/mol. The van der Waals surface area contributed by atoms with Gasteiger partial charge in [-0.2, -0.15) is 5.26 Å². The van der Waals surface area contributed by atoms with Gasteiger partial charge in [-0.25, -0.2) is 0 Å². The lowest BCUT2D eigenvalue weighted by molar-refractivity contribution is 0.0951. The van der Waals surface area contributed by atoms with E-state index in [-0.39, 0.29) is 25.1 Å². The normalized spacial score (nSPS) is 11.3. The quantitative estimate of drug-likeness (QED) is 0.693. The molecule has 0 heterocycles. The van der Waals surface area contributed by atoms with Gasteiger partial charge in [0.25, 0.3) is 5.91 Å². The number of rotatable bonds is 7. The first-order chi connectivity index (χ1) is 12.5. The van der Waals surface area contributed by atoms with Crippen molar-refractivity contribution in [2.75, 3.05) is 19.0 Å². The molecule has 2 aromatic rings. The molecular weight excluding hydrogens is 354 g/mol. The van der Waals surface area contributed by atoms with Crippen molar-refractivity contribution in [2.45, 2.75) is 19.5 Å². The van der Waals surface area contributed by atoms with E-state index in [9.17, 15) is 9.90 Å². The summed E-state index contributed by atoms with van der Waals surface area (Å²) in [7, 11) is 1.53. The number of methoxy groups -OCH3 is 1. The van der Waals surface area contributed by atoms with Crippen molar-refractivity contribution in [1.82, 2.24) is 5.32 Å². The van der Waals surface area contributed by atoms with Crippen LogP contribution >= 0.6 is 11.6 Å². The number of amides is 1. The lowest BCUT2D eigenvalue weighted by Gasteiger charge is -2.16. The fraction of sp³-hybridized carbons (Fsp3) is 0.263. The third-order valence-electron chi connectivity index (χ3n) is 3.74. The molecule has 0 fully saturated rings. The monoisotopic (exact) mass is 373 g/mol. The number of nitrogens with one attached hydrogen (secondary N) is 2. The Morgan fingerprint density at radius 3 is 2.77 bits per heavy atom. The SMILES string of the molecule is COc1cc(CNC(=O)c2cc(C#N)ccc2N[C@H](C)CO)ccc1Cl. The highest BCUT2D eigenvalue weighted by atomic mass is 35.5. The van der Waals surface area contributed by atoms with Gasteiger partial charge < -0.3 is 20.5 Å². The van der Waals surface area contributed by atoms with Gasteiger partial charge in [-0.1, -0.05) is 17.7 Å².